The van der Waals surface area contributed by atoms with Crippen molar-refractivity contribution in [3.05, 3.63) is 78.0 Å². The maximum Gasteiger partial charge on any atom is 0.0541 e. The first kappa shape index (κ1) is 12.2. The molecule has 1 heteroatoms. The van der Waals surface area contributed by atoms with Crippen molar-refractivity contribution in [2.75, 3.05) is 0 Å². The molecule has 4 rings (SSSR count). The maximum absolute atomic E-state index is 2.31. The molecule has 0 bridgehead atoms. The molecule has 2 aromatic heterocycles. The normalized spacial score (nSPS) is 11.3. The number of nitrogens with zero attached hydrogens (tertiary/aromatic N) is 1. The largest absolute Gasteiger partial charge is 0.316 e. The van der Waals surface area contributed by atoms with E-state index in [9.17, 15) is 0 Å². The Bertz CT molecular complexity index is 943. The van der Waals surface area contributed by atoms with Crippen molar-refractivity contribution in [3.8, 4) is 11.1 Å². The van der Waals surface area contributed by atoms with Crippen molar-refractivity contribution in [1.29, 1.82) is 0 Å². The van der Waals surface area contributed by atoms with Crippen LogP contribution in [0.4, 0.5) is 0 Å². The van der Waals surface area contributed by atoms with Crippen LogP contribution in [-0.4, -0.2) is 4.40 Å². The molecule has 0 aliphatic heterocycles. The minimum Gasteiger partial charge on any atom is -0.316 e. The van der Waals surface area contributed by atoms with Gasteiger partial charge in [-0.25, -0.2) is 0 Å². The molecule has 0 spiro atoms. The van der Waals surface area contributed by atoms with Gasteiger partial charge in [0.2, 0.25) is 0 Å². The van der Waals surface area contributed by atoms with Crippen LogP contribution in [0.5, 0.6) is 0 Å². The van der Waals surface area contributed by atoms with E-state index in [-0.39, 0.29) is 0 Å². The molecule has 0 N–H and O–H groups in total. The minimum absolute atomic E-state index is 1.27. The fourth-order valence-electron chi connectivity index (χ4n) is 3.07. The Balaban J connectivity index is 2.17. The molecule has 0 atom stereocenters. The molecular weight excluding hydrogens is 254 g/mol. The van der Waals surface area contributed by atoms with Gasteiger partial charge >= 0.3 is 0 Å². The Hall–Kier alpha value is -2.54. The van der Waals surface area contributed by atoms with Crippen molar-refractivity contribution in [2.45, 2.75) is 13.8 Å². The summed E-state index contributed by atoms with van der Waals surface area (Å²) in [6, 6.07) is 21.8. The molecule has 0 saturated heterocycles. The van der Waals surface area contributed by atoms with Crippen LogP contribution in [0, 0.1) is 13.8 Å². The predicted molar refractivity (Wildman–Crippen MR) is 89.8 cm³/mol. The van der Waals surface area contributed by atoms with Crippen molar-refractivity contribution >= 4 is 16.4 Å². The number of rotatable bonds is 1. The topological polar surface area (TPSA) is 4.41 Å². The van der Waals surface area contributed by atoms with Gasteiger partial charge in [0.15, 0.2) is 0 Å². The number of aromatic nitrogens is 1. The number of benzene rings is 2. The number of pyridine rings is 1. The SMILES string of the molecule is Cc1ccc(-c2c3ccccc3n3cc(C)ccc23)cc1. The lowest BCUT2D eigenvalue weighted by molar-refractivity contribution is 1.21. The van der Waals surface area contributed by atoms with Gasteiger partial charge in [0.1, 0.15) is 0 Å². The van der Waals surface area contributed by atoms with Gasteiger partial charge in [-0.1, -0.05) is 54.1 Å². The first-order valence-electron chi connectivity index (χ1n) is 7.30. The third-order valence-electron chi connectivity index (χ3n) is 4.13. The lowest BCUT2D eigenvalue weighted by Crippen LogP contribution is -1.85. The van der Waals surface area contributed by atoms with Crippen LogP contribution in [-0.2, 0) is 0 Å². The summed E-state index contributed by atoms with van der Waals surface area (Å²) < 4.78 is 2.31. The van der Waals surface area contributed by atoms with Gasteiger partial charge in [-0.2, -0.15) is 0 Å². The monoisotopic (exact) mass is 271 g/mol. The van der Waals surface area contributed by atoms with E-state index in [0.29, 0.717) is 0 Å². The van der Waals surface area contributed by atoms with E-state index in [4.69, 9.17) is 0 Å². The first-order chi connectivity index (χ1) is 10.2. The summed E-state index contributed by atoms with van der Waals surface area (Å²) >= 11 is 0. The van der Waals surface area contributed by atoms with Gasteiger partial charge in [0.25, 0.3) is 0 Å². The van der Waals surface area contributed by atoms with Crippen LogP contribution in [0.2, 0.25) is 0 Å². The van der Waals surface area contributed by atoms with Crippen LogP contribution >= 0.6 is 0 Å². The van der Waals surface area contributed by atoms with Gasteiger partial charge in [-0.3, -0.25) is 0 Å². The zero-order valence-corrected chi connectivity index (χ0v) is 12.3. The lowest BCUT2D eigenvalue weighted by atomic mass is 10.0. The quantitative estimate of drug-likeness (QED) is 0.438. The smallest absolute Gasteiger partial charge is 0.0541 e. The number of hydrogen-bond donors (Lipinski definition) is 0. The molecular formula is C20H17N. The lowest BCUT2D eigenvalue weighted by Gasteiger charge is -2.03. The molecule has 1 nitrogen and oxygen atoms in total. The fraction of sp³-hybridized carbons (Fsp3) is 0.100. The second kappa shape index (κ2) is 4.49. The predicted octanol–water partition coefficient (Wildman–Crippen LogP) is 5.38. The summed E-state index contributed by atoms with van der Waals surface area (Å²) in [5, 5.41) is 1.31. The average Bonchev–Trinajstić information content (AvgIpc) is 2.82. The van der Waals surface area contributed by atoms with Crippen molar-refractivity contribution in [2.24, 2.45) is 0 Å². The van der Waals surface area contributed by atoms with E-state index in [1.54, 1.807) is 0 Å². The second-order valence-corrected chi connectivity index (χ2v) is 5.72. The van der Waals surface area contributed by atoms with Crippen LogP contribution < -0.4 is 0 Å². The van der Waals surface area contributed by atoms with Crippen molar-refractivity contribution < 1.29 is 0 Å². The van der Waals surface area contributed by atoms with E-state index >= 15 is 0 Å². The molecule has 0 aliphatic rings. The molecule has 0 amide bonds. The Morgan fingerprint density at radius 1 is 0.667 bits per heavy atom. The molecule has 102 valence electrons. The summed E-state index contributed by atoms with van der Waals surface area (Å²) in [6.07, 6.45) is 2.22. The molecule has 0 saturated carbocycles. The van der Waals surface area contributed by atoms with Crippen LogP contribution in [0.1, 0.15) is 11.1 Å². The summed E-state index contributed by atoms with van der Waals surface area (Å²) in [5.41, 5.74) is 7.72. The minimum atomic E-state index is 1.27. The van der Waals surface area contributed by atoms with Gasteiger partial charge in [-0.05, 0) is 37.1 Å². The fourth-order valence-corrected chi connectivity index (χ4v) is 3.07. The number of para-hydroxylation sites is 1. The highest BCUT2D eigenvalue weighted by molar-refractivity contribution is 6.05. The zero-order valence-electron chi connectivity index (χ0n) is 12.3. The van der Waals surface area contributed by atoms with E-state index in [1.807, 2.05) is 0 Å². The van der Waals surface area contributed by atoms with Crippen molar-refractivity contribution in [1.82, 2.24) is 4.40 Å². The van der Waals surface area contributed by atoms with Gasteiger partial charge in [0.05, 0.1) is 11.0 Å². The second-order valence-electron chi connectivity index (χ2n) is 5.72. The molecule has 0 aliphatic carbocycles. The van der Waals surface area contributed by atoms with Gasteiger partial charge in [-0.15, -0.1) is 0 Å². The third-order valence-corrected chi connectivity index (χ3v) is 4.13. The van der Waals surface area contributed by atoms with Crippen LogP contribution in [0.3, 0.4) is 0 Å². The van der Waals surface area contributed by atoms with E-state index in [1.165, 1.54) is 38.7 Å². The standard InChI is InChI=1S/C20H17N/c1-14-7-10-16(11-8-14)20-17-5-3-4-6-18(17)21-13-15(2)9-12-19(20)21/h3-13H,1-2H3. The highest BCUT2D eigenvalue weighted by atomic mass is 14.9. The maximum atomic E-state index is 2.31. The van der Waals surface area contributed by atoms with Gasteiger partial charge in [0, 0.05) is 17.1 Å². The Labute approximate surface area is 124 Å². The first-order valence-corrected chi connectivity index (χ1v) is 7.30. The van der Waals surface area contributed by atoms with E-state index in [2.05, 4.69) is 85.1 Å². The molecule has 0 radical (unpaired) electrons. The summed E-state index contributed by atoms with van der Waals surface area (Å²) in [5.74, 6) is 0. The van der Waals surface area contributed by atoms with Gasteiger partial charge < -0.3 is 4.40 Å². The highest BCUT2D eigenvalue weighted by Crippen LogP contribution is 2.35. The third kappa shape index (κ3) is 1.85. The Morgan fingerprint density at radius 3 is 2.19 bits per heavy atom. The molecule has 0 unspecified atom stereocenters. The number of aryl methyl sites for hydroxylation is 2. The molecule has 0 fully saturated rings. The molecule has 21 heavy (non-hydrogen) atoms. The molecule has 2 heterocycles. The van der Waals surface area contributed by atoms with Crippen LogP contribution in [0.15, 0.2) is 66.9 Å². The Kier molecular flexibility index (Phi) is 2.61. The molecule has 4 aromatic rings. The van der Waals surface area contributed by atoms with Crippen LogP contribution in [0.25, 0.3) is 27.5 Å². The van der Waals surface area contributed by atoms with Crippen molar-refractivity contribution in [3.63, 3.8) is 0 Å². The average molecular weight is 271 g/mol. The summed E-state index contributed by atoms with van der Waals surface area (Å²) in [7, 11) is 0. The molecule has 2 aromatic carbocycles. The summed E-state index contributed by atoms with van der Waals surface area (Å²) in [4.78, 5) is 0. The highest BCUT2D eigenvalue weighted by Gasteiger charge is 2.12. The summed E-state index contributed by atoms with van der Waals surface area (Å²) in [6.45, 7) is 4.27. The number of fused-ring (bicyclic) bond motifs is 3. The zero-order chi connectivity index (χ0) is 14.4. The Morgan fingerprint density at radius 2 is 1.38 bits per heavy atom. The number of hydrogen-bond acceptors (Lipinski definition) is 0. The van der Waals surface area contributed by atoms with E-state index in [0.717, 1.165) is 0 Å². The van der Waals surface area contributed by atoms with E-state index < -0.39 is 0 Å².